The van der Waals surface area contributed by atoms with Crippen LogP contribution in [0.2, 0.25) is 0 Å². The Balaban J connectivity index is 1.70. The maximum atomic E-state index is 12.4. The second kappa shape index (κ2) is 8.24. The molecule has 0 atom stereocenters. The summed E-state index contributed by atoms with van der Waals surface area (Å²) in [5, 5.41) is 11.7. The number of anilines is 2. The van der Waals surface area contributed by atoms with E-state index in [0.29, 0.717) is 11.4 Å². The van der Waals surface area contributed by atoms with Gasteiger partial charge >= 0.3 is 0 Å². The molecule has 1 aliphatic heterocycles. The average Bonchev–Trinajstić information content (AvgIpc) is 2.96. The largest absolute Gasteiger partial charge is 0.494 e. The molecule has 0 aliphatic carbocycles. The molecule has 152 valence electrons. The number of imide groups is 1. The van der Waals surface area contributed by atoms with E-state index in [-0.39, 0.29) is 29.7 Å². The average molecular weight is 419 g/mol. The standard InChI is InChI=1S/C17H17N5O6S/c1-28-12-9-18-17(19-10-12)21-29(26,27)13-4-2-11(3-5-13)20-14-8-15(24)22(6-7-23)16(14)25/h2-5,8-10,20,23H,6-7H2,1H3,(H,18,19,21). The second-order valence-electron chi connectivity index (χ2n) is 5.78. The van der Waals surface area contributed by atoms with Gasteiger partial charge < -0.3 is 15.2 Å². The van der Waals surface area contributed by atoms with Gasteiger partial charge in [0.15, 0.2) is 5.75 Å². The first-order valence-electron chi connectivity index (χ1n) is 8.28. The van der Waals surface area contributed by atoms with Crippen LogP contribution in [-0.4, -0.2) is 60.5 Å². The molecule has 1 aromatic heterocycles. The fraction of sp³-hybridized carbons (Fsp3) is 0.176. The first-order chi connectivity index (χ1) is 13.8. The first-order valence-corrected chi connectivity index (χ1v) is 9.76. The summed E-state index contributed by atoms with van der Waals surface area (Å²) < 4.78 is 32.0. The van der Waals surface area contributed by atoms with Gasteiger partial charge in [-0.1, -0.05) is 0 Å². The van der Waals surface area contributed by atoms with E-state index in [1.165, 1.54) is 43.8 Å². The number of rotatable bonds is 8. The normalized spacial score (nSPS) is 14.0. The number of nitrogens with zero attached hydrogens (tertiary/aromatic N) is 3. The zero-order valence-electron chi connectivity index (χ0n) is 15.2. The van der Waals surface area contributed by atoms with Crippen LogP contribution >= 0.6 is 0 Å². The van der Waals surface area contributed by atoms with Crippen LogP contribution in [0.3, 0.4) is 0 Å². The van der Waals surface area contributed by atoms with Crippen LogP contribution in [0.4, 0.5) is 11.6 Å². The number of sulfonamides is 1. The van der Waals surface area contributed by atoms with Crippen molar-refractivity contribution in [3.63, 3.8) is 0 Å². The zero-order valence-corrected chi connectivity index (χ0v) is 16.0. The van der Waals surface area contributed by atoms with Crippen molar-refractivity contribution >= 4 is 33.5 Å². The molecule has 11 nitrogen and oxygen atoms in total. The SMILES string of the molecule is COc1cnc(NS(=O)(=O)c2ccc(NC3=CC(=O)N(CCO)C3=O)cc2)nc1. The molecular formula is C17H17N5O6S. The number of carbonyl (C=O) groups is 2. The Labute approximate surface area is 166 Å². The fourth-order valence-corrected chi connectivity index (χ4v) is 3.39. The lowest BCUT2D eigenvalue weighted by Gasteiger charge is -2.13. The van der Waals surface area contributed by atoms with E-state index in [4.69, 9.17) is 9.84 Å². The van der Waals surface area contributed by atoms with Crippen LogP contribution in [0.15, 0.2) is 53.3 Å². The monoisotopic (exact) mass is 419 g/mol. The third kappa shape index (κ3) is 4.50. The number of hydrogen-bond donors (Lipinski definition) is 3. The molecule has 0 radical (unpaired) electrons. The van der Waals surface area contributed by atoms with Crippen molar-refractivity contribution < 1.29 is 27.9 Å². The number of methoxy groups -OCH3 is 1. The molecule has 0 saturated heterocycles. The Hall–Kier alpha value is -3.51. The molecule has 0 unspecified atom stereocenters. The van der Waals surface area contributed by atoms with Gasteiger partial charge in [-0.15, -0.1) is 0 Å². The van der Waals surface area contributed by atoms with Gasteiger partial charge in [0.1, 0.15) is 5.70 Å². The van der Waals surface area contributed by atoms with Crippen LogP contribution in [0, 0.1) is 0 Å². The number of benzene rings is 1. The van der Waals surface area contributed by atoms with Gasteiger partial charge in [0.2, 0.25) is 5.95 Å². The maximum Gasteiger partial charge on any atom is 0.277 e. The van der Waals surface area contributed by atoms with E-state index < -0.39 is 21.8 Å². The third-order valence-corrected chi connectivity index (χ3v) is 5.21. The highest BCUT2D eigenvalue weighted by molar-refractivity contribution is 7.92. The van der Waals surface area contributed by atoms with Crippen LogP contribution < -0.4 is 14.8 Å². The van der Waals surface area contributed by atoms with Gasteiger partial charge in [-0.05, 0) is 24.3 Å². The topological polar surface area (TPSA) is 151 Å². The van der Waals surface area contributed by atoms with Crippen molar-refractivity contribution in [2.24, 2.45) is 0 Å². The minimum absolute atomic E-state index is 0.0313. The summed E-state index contributed by atoms with van der Waals surface area (Å²) >= 11 is 0. The Kier molecular flexibility index (Phi) is 5.75. The lowest BCUT2D eigenvalue weighted by atomic mass is 10.3. The minimum Gasteiger partial charge on any atom is -0.494 e. The van der Waals surface area contributed by atoms with Gasteiger partial charge in [-0.25, -0.2) is 23.1 Å². The van der Waals surface area contributed by atoms with E-state index in [1.54, 1.807) is 0 Å². The van der Waals surface area contributed by atoms with Crippen molar-refractivity contribution in [2.75, 3.05) is 30.3 Å². The number of ether oxygens (including phenoxy) is 1. The van der Waals surface area contributed by atoms with Crippen LogP contribution in [0.1, 0.15) is 0 Å². The maximum absolute atomic E-state index is 12.4. The molecule has 1 aliphatic rings. The van der Waals surface area contributed by atoms with Crippen molar-refractivity contribution in [3.05, 3.63) is 48.4 Å². The smallest absolute Gasteiger partial charge is 0.277 e. The molecule has 3 rings (SSSR count). The molecule has 0 saturated carbocycles. The number of hydrogen-bond acceptors (Lipinski definition) is 9. The molecule has 0 bridgehead atoms. The number of carbonyl (C=O) groups excluding carboxylic acids is 2. The summed E-state index contributed by atoms with van der Waals surface area (Å²) in [5.74, 6) is -0.833. The van der Waals surface area contributed by atoms with Crippen LogP contribution in [0.25, 0.3) is 0 Å². The lowest BCUT2D eigenvalue weighted by molar-refractivity contribution is -0.137. The second-order valence-corrected chi connectivity index (χ2v) is 7.46. The number of nitrogens with one attached hydrogen (secondary N) is 2. The van der Waals surface area contributed by atoms with Crippen LogP contribution in [-0.2, 0) is 19.6 Å². The molecular weight excluding hydrogens is 402 g/mol. The molecule has 2 aromatic rings. The van der Waals surface area contributed by atoms with E-state index in [9.17, 15) is 18.0 Å². The van der Waals surface area contributed by atoms with E-state index in [0.717, 1.165) is 11.0 Å². The Morgan fingerprint density at radius 2 is 1.79 bits per heavy atom. The number of aliphatic hydroxyl groups excluding tert-OH is 1. The van der Waals surface area contributed by atoms with Gasteiger partial charge in [-0.2, -0.15) is 0 Å². The van der Waals surface area contributed by atoms with E-state index in [1.807, 2.05) is 0 Å². The molecule has 0 fully saturated rings. The fourth-order valence-electron chi connectivity index (χ4n) is 2.44. The highest BCUT2D eigenvalue weighted by atomic mass is 32.2. The van der Waals surface area contributed by atoms with Gasteiger partial charge in [-0.3, -0.25) is 14.5 Å². The molecule has 12 heteroatoms. The van der Waals surface area contributed by atoms with Crippen molar-refractivity contribution in [1.29, 1.82) is 0 Å². The Morgan fingerprint density at radius 1 is 1.14 bits per heavy atom. The number of aromatic nitrogens is 2. The minimum atomic E-state index is -3.93. The third-order valence-electron chi connectivity index (χ3n) is 3.87. The summed E-state index contributed by atoms with van der Waals surface area (Å²) in [4.78, 5) is 32.4. The predicted octanol–water partition coefficient (Wildman–Crippen LogP) is -0.0571. The summed E-state index contributed by atoms with van der Waals surface area (Å²) in [6.07, 6.45) is 3.77. The van der Waals surface area contributed by atoms with E-state index >= 15 is 0 Å². The highest BCUT2D eigenvalue weighted by Crippen LogP contribution is 2.20. The quantitative estimate of drug-likeness (QED) is 0.500. The predicted molar refractivity (Wildman–Crippen MR) is 101 cm³/mol. The number of amides is 2. The highest BCUT2D eigenvalue weighted by Gasteiger charge is 2.30. The van der Waals surface area contributed by atoms with Crippen molar-refractivity contribution in [1.82, 2.24) is 14.9 Å². The molecule has 1 aromatic carbocycles. The molecule has 2 amide bonds. The van der Waals surface area contributed by atoms with Crippen molar-refractivity contribution in [3.8, 4) is 5.75 Å². The summed E-state index contributed by atoms with van der Waals surface area (Å²) in [7, 11) is -2.49. The van der Waals surface area contributed by atoms with Crippen LogP contribution in [0.5, 0.6) is 5.75 Å². The van der Waals surface area contributed by atoms with Crippen molar-refractivity contribution in [2.45, 2.75) is 4.90 Å². The Bertz CT molecular complexity index is 1050. The van der Waals surface area contributed by atoms with E-state index in [2.05, 4.69) is 20.0 Å². The summed E-state index contributed by atoms with van der Waals surface area (Å²) in [5.41, 5.74) is 0.437. The zero-order chi connectivity index (χ0) is 21.0. The lowest BCUT2D eigenvalue weighted by Crippen LogP contribution is -2.34. The Morgan fingerprint density at radius 3 is 2.38 bits per heavy atom. The summed E-state index contributed by atoms with van der Waals surface area (Å²) in [6.45, 7) is -0.439. The van der Waals surface area contributed by atoms with Gasteiger partial charge in [0.25, 0.3) is 21.8 Å². The summed E-state index contributed by atoms with van der Waals surface area (Å²) in [6, 6.07) is 5.52. The molecule has 29 heavy (non-hydrogen) atoms. The number of β-amino-alcohol motifs (C(OH)–C–C–N with tert-alkyl or cyclic N) is 1. The molecule has 3 N–H and O–H groups in total. The van der Waals surface area contributed by atoms with Gasteiger partial charge in [0, 0.05) is 11.8 Å². The molecule has 2 heterocycles. The number of aliphatic hydroxyl groups is 1. The van der Waals surface area contributed by atoms with Gasteiger partial charge in [0.05, 0.1) is 37.6 Å². The first kappa shape index (κ1) is 20.2. The molecule has 0 spiro atoms.